The van der Waals surface area contributed by atoms with Crippen LogP contribution in [0.15, 0.2) is 12.4 Å². The Kier molecular flexibility index (Phi) is 5.89. The Bertz CT molecular complexity index is 539. The third-order valence-corrected chi connectivity index (χ3v) is 5.32. The standard InChI is InChI=1S/C18H30N4O2/c1-20(14-17-19-7-8-21(17)9-10-24-2)12-15-11-18(23)22(13-15)16-5-3-4-6-16/h7-8,15-16H,3-6,9-14H2,1-2H3/t15-/m1/s1. The summed E-state index contributed by atoms with van der Waals surface area (Å²) in [5.74, 6) is 1.87. The number of ether oxygens (including phenoxy) is 1. The molecule has 6 heteroatoms. The van der Waals surface area contributed by atoms with Crippen molar-refractivity contribution in [2.24, 2.45) is 5.92 Å². The van der Waals surface area contributed by atoms with Gasteiger partial charge in [0.05, 0.1) is 13.2 Å². The van der Waals surface area contributed by atoms with Crippen LogP contribution in [-0.4, -0.2) is 65.2 Å². The van der Waals surface area contributed by atoms with Crippen LogP contribution in [0.3, 0.4) is 0 Å². The predicted octanol–water partition coefficient (Wildman–Crippen LogP) is 1.75. The van der Waals surface area contributed by atoms with Crippen molar-refractivity contribution in [1.82, 2.24) is 19.4 Å². The molecule has 2 aliphatic rings. The van der Waals surface area contributed by atoms with E-state index >= 15 is 0 Å². The van der Waals surface area contributed by atoms with Crippen LogP contribution in [0.2, 0.25) is 0 Å². The second kappa shape index (κ2) is 8.12. The molecule has 1 aliphatic carbocycles. The van der Waals surface area contributed by atoms with Gasteiger partial charge in [-0.05, 0) is 25.8 Å². The van der Waals surface area contributed by atoms with Crippen LogP contribution in [0.1, 0.15) is 37.9 Å². The van der Waals surface area contributed by atoms with Crippen LogP contribution in [-0.2, 0) is 22.6 Å². The summed E-state index contributed by atoms with van der Waals surface area (Å²) in [7, 11) is 3.84. The van der Waals surface area contributed by atoms with Gasteiger partial charge in [0, 0.05) is 51.6 Å². The van der Waals surface area contributed by atoms with Crippen molar-refractivity contribution in [3.63, 3.8) is 0 Å². The lowest BCUT2D eigenvalue weighted by Crippen LogP contribution is -2.35. The Balaban J connectivity index is 1.49. The lowest BCUT2D eigenvalue weighted by atomic mass is 10.1. The molecule has 6 nitrogen and oxygen atoms in total. The maximum absolute atomic E-state index is 12.3. The average molecular weight is 334 g/mol. The molecule has 0 radical (unpaired) electrons. The fraction of sp³-hybridized carbons (Fsp3) is 0.778. The van der Waals surface area contributed by atoms with E-state index in [1.165, 1.54) is 25.7 Å². The third-order valence-electron chi connectivity index (χ3n) is 5.32. The summed E-state index contributed by atoms with van der Waals surface area (Å²) in [5, 5.41) is 0. The molecule has 0 aromatic carbocycles. The fourth-order valence-corrected chi connectivity index (χ4v) is 4.13. The minimum absolute atomic E-state index is 0.363. The molecule has 1 aliphatic heterocycles. The molecule has 1 aromatic heterocycles. The van der Waals surface area contributed by atoms with Gasteiger partial charge >= 0.3 is 0 Å². The van der Waals surface area contributed by atoms with Crippen molar-refractivity contribution in [2.75, 3.05) is 33.9 Å². The van der Waals surface area contributed by atoms with Crippen molar-refractivity contribution in [3.8, 4) is 0 Å². The molecule has 134 valence electrons. The van der Waals surface area contributed by atoms with E-state index in [1.807, 2.05) is 12.4 Å². The van der Waals surface area contributed by atoms with Gasteiger partial charge in [-0.2, -0.15) is 0 Å². The Labute approximate surface area is 144 Å². The van der Waals surface area contributed by atoms with Gasteiger partial charge in [0.15, 0.2) is 0 Å². The first-order valence-electron chi connectivity index (χ1n) is 9.14. The maximum atomic E-state index is 12.3. The Hall–Kier alpha value is -1.40. The van der Waals surface area contributed by atoms with Gasteiger partial charge < -0.3 is 14.2 Å². The molecule has 3 rings (SSSR count). The molecule has 2 fully saturated rings. The number of carbonyl (C=O) groups is 1. The summed E-state index contributed by atoms with van der Waals surface area (Å²) < 4.78 is 7.29. The van der Waals surface area contributed by atoms with Crippen molar-refractivity contribution >= 4 is 5.91 Å². The van der Waals surface area contributed by atoms with E-state index in [2.05, 4.69) is 26.4 Å². The zero-order valence-electron chi connectivity index (χ0n) is 15.0. The number of imidazole rings is 1. The summed E-state index contributed by atoms with van der Waals surface area (Å²) in [6.45, 7) is 4.22. The average Bonchev–Trinajstić information content (AvgIpc) is 3.27. The lowest BCUT2D eigenvalue weighted by molar-refractivity contribution is -0.129. The highest BCUT2D eigenvalue weighted by Gasteiger charge is 2.35. The number of rotatable bonds is 8. The number of hydrogen-bond acceptors (Lipinski definition) is 4. The zero-order chi connectivity index (χ0) is 16.9. The maximum Gasteiger partial charge on any atom is 0.223 e. The van der Waals surface area contributed by atoms with Crippen molar-refractivity contribution in [2.45, 2.75) is 51.2 Å². The monoisotopic (exact) mass is 334 g/mol. The van der Waals surface area contributed by atoms with Gasteiger partial charge in [-0.3, -0.25) is 9.69 Å². The number of hydrogen-bond donors (Lipinski definition) is 0. The molecule has 1 amide bonds. The van der Waals surface area contributed by atoms with E-state index < -0.39 is 0 Å². The molecule has 0 bridgehead atoms. The number of aromatic nitrogens is 2. The number of nitrogens with zero attached hydrogens (tertiary/aromatic N) is 4. The largest absolute Gasteiger partial charge is 0.383 e. The van der Waals surface area contributed by atoms with E-state index in [9.17, 15) is 4.79 Å². The van der Waals surface area contributed by atoms with E-state index in [0.717, 1.165) is 32.0 Å². The van der Waals surface area contributed by atoms with Crippen LogP contribution in [0.5, 0.6) is 0 Å². The molecule has 0 spiro atoms. The third kappa shape index (κ3) is 4.16. The smallest absolute Gasteiger partial charge is 0.223 e. The summed E-state index contributed by atoms with van der Waals surface area (Å²) in [5.41, 5.74) is 0. The van der Waals surface area contributed by atoms with Crippen LogP contribution in [0.4, 0.5) is 0 Å². The number of methoxy groups -OCH3 is 1. The van der Waals surface area contributed by atoms with Crippen molar-refractivity contribution in [1.29, 1.82) is 0 Å². The Morgan fingerprint density at radius 2 is 2.17 bits per heavy atom. The molecule has 0 unspecified atom stereocenters. The second-order valence-electron chi connectivity index (χ2n) is 7.28. The molecular weight excluding hydrogens is 304 g/mol. The van der Waals surface area contributed by atoms with Gasteiger partial charge in [-0.25, -0.2) is 4.98 Å². The number of carbonyl (C=O) groups excluding carboxylic acids is 1. The van der Waals surface area contributed by atoms with Gasteiger partial charge in [-0.1, -0.05) is 12.8 Å². The number of amides is 1. The van der Waals surface area contributed by atoms with Gasteiger partial charge in [0.2, 0.25) is 5.91 Å². The highest BCUT2D eigenvalue weighted by atomic mass is 16.5. The Morgan fingerprint density at radius 3 is 2.92 bits per heavy atom. The highest BCUT2D eigenvalue weighted by molar-refractivity contribution is 5.79. The minimum atomic E-state index is 0.363. The topological polar surface area (TPSA) is 50.6 Å². The van der Waals surface area contributed by atoms with E-state index in [1.54, 1.807) is 7.11 Å². The first kappa shape index (κ1) is 17.4. The minimum Gasteiger partial charge on any atom is -0.383 e. The quantitative estimate of drug-likeness (QED) is 0.727. The molecule has 1 atom stereocenters. The summed E-state index contributed by atoms with van der Waals surface area (Å²) in [6.07, 6.45) is 9.52. The lowest BCUT2D eigenvalue weighted by Gasteiger charge is -2.25. The number of likely N-dealkylation sites (tertiary alicyclic amines) is 1. The molecule has 1 saturated carbocycles. The molecule has 1 aromatic rings. The van der Waals surface area contributed by atoms with Gasteiger partial charge in [0.1, 0.15) is 5.82 Å². The SMILES string of the molecule is COCCn1ccnc1CN(C)C[C@H]1CC(=O)N(C2CCCC2)C1. The molecule has 0 N–H and O–H groups in total. The first-order chi connectivity index (χ1) is 11.7. The second-order valence-corrected chi connectivity index (χ2v) is 7.28. The molecule has 24 heavy (non-hydrogen) atoms. The van der Waals surface area contributed by atoms with Crippen LogP contribution >= 0.6 is 0 Å². The highest BCUT2D eigenvalue weighted by Crippen LogP contribution is 2.29. The van der Waals surface area contributed by atoms with Crippen LogP contribution < -0.4 is 0 Å². The first-order valence-corrected chi connectivity index (χ1v) is 9.14. The van der Waals surface area contributed by atoms with E-state index in [0.29, 0.717) is 30.9 Å². The Morgan fingerprint density at radius 1 is 1.38 bits per heavy atom. The van der Waals surface area contributed by atoms with Crippen LogP contribution in [0.25, 0.3) is 0 Å². The van der Waals surface area contributed by atoms with Gasteiger partial charge in [-0.15, -0.1) is 0 Å². The van der Waals surface area contributed by atoms with E-state index in [4.69, 9.17) is 4.74 Å². The zero-order valence-corrected chi connectivity index (χ0v) is 15.0. The van der Waals surface area contributed by atoms with Crippen molar-refractivity contribution < 1.29 is 9.53 Å². The normalized spacial score (nSPS) is 22.2. The van der Waals surface area contributed by atoms with Crippen molar-refractivity contribution in [3.05, 3.63) is 18.2 Å². The summed E-state index contributed by atoms with van der Waals surface area (Å²) in [6, 6.07) is 0.515. The fourth-order valence-electron chi connectivity index (χ4n) is 4.13. The van der Waals surface area contributed by atoms with Crippen LogP contribution in [0, 0.1) is 5.92 Å². The summed E-state index contributed by atoms with van der Waals surface area (Å²) in [4.78, 5) is 21.2. The molecular formula is C18H30N4O2. The molecule has 1 saturated heterocycles. The molecule has 2 heterocycles. The summed E-state index contributed by atoms with van der Waals surface area (Å²) >= 11 is 0. The predicted molar refractivity (Wildman–Crippen MR) is 92.5 cm³/mol. The van der Waals surface area contributed by atoms with Gasteiger partial charge in [0.25, 0.3) is 0 Å². The van der Waals surface area contributed by atoms with E-state index in [-0.39, 0.29) is 0 Å².